The molecule has 0 fully saturated rings. The number of carbonyl (C=O) groups excluding carboxylic acids is 2. The van der Waals surface area contributed by atoms with Gasteiger partial charge in [-0.1, -0.05) is 41.1 Å². The topological polar surface area (TPSA) is 67.4 Å². The van der Waals surface area contributed by atoms with E-state index in [0.717, 1.165) is 16.5 Å². The average Bonchev–Trinajstić information content (AvgIpc) is 2.74. The first-order valence-electron chi connectivity index (χ1n) is 9.68. The minimum Gasteiger partial charge on any atom is -0.493 e. The Hall–Kier alpha value is -3.12. The van der Waals surface area contributed by atoms with Crippen LogP contribution in [-0.4, -0.2) is 18.4 Å². The van der Waals surface area contributed by atoms with Gasteiger partial charge in [0.1, 0.15) is 5.75 Å². The Morgan fingerprint density at radius 2 is 1.47 bits per heavy atom. The Balaban J connectivity index is 1.69. The van der Waals surface area contributed by atoms with Crippen molar-refractivity contribution in [3.05, 3.63) is 87.9 Å². The number of ether oxygens (including phenoxy) is 1. The van der Waals surface area contributed by atoms with Gasteiger partial charge in [0, 0.05) is 21.4 Å². The summed E-state index contributed by atoms with van der Waals surface area (Å²) >= 11 is 3.40. The van der Waals surface area contributed by atoms with Crippen LogP contribution in [0.4, 0.5) is 11.4 Å². The molecule has 0 saturated heterocycles. The molecule has 5 nitrogen and oxygen atoms in total. The van der Waals surface area contributed by atoms with E-state index in [4.69, 9.17) is 4.74 Å². The standard InChI is InChI=1S/C24H23BrN2O3/c1-3-14-30-22-13-8-17(25)15-21(22)24(29)27-19-11-9-18(10-12-19)26-23(28)20-7-5-4-6-16(20)2/h4-13,15H,3,14H2,1-2H3,(H,26,28)(H,27,29). The normalized spacial score (nSPS) is 10.4. The van der Waals surface area contributed by atoms with Gasteiger partial charge >= 0.3 is 0 Å². The fourth-order valence-corrected chi connectivity index (χ4v) is 3.24. The summed E-state index contributed by atoms with van der Waals surface area (Å²) in [6, 6.07) is 19.8. The largest absolute Gasteiger partial charge is 0.493 e. The summed E-state index contributed by atoms with van der Waals surface area (Å²) in [7, 11) is 0. The van der Waals surface area contributed by atoms with Gasteiger partial charge in [0.15, 0.2) is 0 Å². The molecule has 0 aliphatic carbocycles. The van der Waals surface area contributed by atoms with Gasteiger partial charge in [0.2, 0.25) is 0 Å². The third-order valence-electron chi connectivity index (χ3n) is 4.44. The Morgan fingerprint density at radius 1 is 0.867 bits per heavy atom. The molecular weight excluding hydrogens is 444 g/mol. The molecular formula is C24H23BrN2O3. The highest BCUT2D eigenvalue weighted by Gasteiger charge is 2.14. The van der Waals surface area contributed by atoms with E-state index in [1.54, 1.807) is 42.5 Å². The highest BCUT2D eigenvalue weighted by molar-refractivity contribution is 9.10. The molecule has 3 aromatic carbocycles. The second-order valence-corrected chi connectivity index (χ2v) is 7.71. The van der Waals surface area contributed by atoms with Crippen LogP contribution in [0, 0.1) is 6.92 Å². The number of amides is 2. The second kappa shape index (κ2) is 10.1. The van der Waals surface area contributed by atoms with Crippen molar-refractivity contribution in [2.75, 3.05) is 17.2 Å². The zero-order valence-corrected chi connectivity index (χ0v) is 18.5. The number of halogens is 1. The number of benzene rings is 3. The first kappa shape index (κ1) is 21.6. The Bertz CT molecular complexity index is 1050. The predicted octanol–water partition coefficient (Wildman–Crippen LogP) is 6.05. The molecule has 154 valence electrons. The van der Waals surface area contributed by atoms with Gasteiger partial charge in [0.25, 0.3) is 11.8 Å². The van der Waals surface area contributed by atoms with Gasteiger partial charge in [0.05, 0.1) is 12.2 Å². The highest BCUT2D eigenvalue weighted by atomic mass is 79.9. The van der Waals surface area contributed by atoms with Crippen molar-refractivity contribution in [3.8, 4) is 5.75 Å². The lowest BCUT2D eigenvalue weighted by molar-refractivity contribution is 0.101. The van der Waals surface area contributed by atoms with Crippen molar-refractivity contribution in [3.63, 3.8) is 0 Å². The van der Waals surface area contributed by atoms with Gasteiger partial charge < -0.3 is 15.4 Å². The molecule has 3 rings (SSSR count). The lowest BCUT2D eigenvalue weighted by atomic mass is 10.1. The van der Waals surface area contributed by atoms with Crippen molar-refractivity contribution >= 4 is 39.1 Å². The number of carbonyl (C=O) groups is 2. The first-order chi connectivity index (χ1) is 14.5. The second-order valence-electron chi connectivity index (χ2n) is 6.79. The Labute approximate surface area is 184 Å². The molecule has 0 aromatic heterocycles. The molecule has 0 bridgehead atoms. The lowest BCUT2D eigenvalue weighted by Gasteiger charge is -2.12. The fourth-order valence-electron chi connectivity index (χ4n) is 2.88. The third kappa shape index (κ3) is 5.48. The summed E-state index contributed by atoms with van der Waals surface area (Å²) in [5.74, 6) is 0.107. The molecule has 0 saturated carbocycles. The van der Waals surface area contributed by atoms with E-state index in [9.17, 15) is 9.59 Å². The van der Waals surface area contributed by atoms with Crippen LogP contribution >= 0.6 is 15.9 Å². The van der Waals surface area contributed by atoms with Crippen LogP contribution in [0.15, 0.2) is 71.2 Å². The molecule has 0 spiro atoms. The van der Waals surface area contributed by atoms with Crippen molar-refractivity contribution < 1.29 is 14.3 Å². The quantitative estimate of drug-likeness (QED) is 0.445. The molecule has 0 aliphatic heterocycles. The van der Waals surface area contributed by atoms with E-state index in [-0.39, 0.29) is 11.8 Å². The molecule has 0 unspecified atom stereocenters. The molecule has 2 amide bonds. The van der Waals surface area contributed by atoms with E-state index < -0.39 is 0 Å². The molecule has 3 aromatic rings. The zero-order valence-electron chi connectivity index (χ0n) is 16.9. The number of hydrogen-bond donors (Lipinski definition) is 2. The molecule has 30 heavy (non-hydrogen) atoms. The maximum absolute atomic E-state index is 12.8. The molecule has 0 atom stereocenters. The maximum atomic E-state index is 12.8. The average molecular weight is 467 g/mol. The van der Waals surface area contributed by atoms with Gasteiger partial charge in [-0.15, -0.1) is 0 Å². The number of anilines is 2. The van der Waals surface area contributed by atoms with Crippen LogP contribution in [0.25, 0.3) is 0 Å². The smallest absolute Gasteiger partial charge is 0.259 e. The third-order valence-corrected chi connectivity index (χ3v) is 4.93. The fraction of sp³-hybridized carbons (Fsp3) is 0.167. The van der Waals surface area contributed by atoms with Gasteiger partial charge in [-0.3, -0.25) is 9.59 Å². The minimum atomic E-state index is -0.265. The summed E-state index contributed by atoms with van der Waals surface area (Å²) in [5, 5.41) is 5.74. The maximum Gasteiger partial charge on any atom is 0.259 e. The van der Waals surface area contributed by atoms with Crippen LogP contribution < -0.4 is 15.4 Å². The molecule has 0 radical (unpaired) electrons. The van der Waals surface area contributed by atoms with E-state index in [1.165, 1.54) is 0 Å². The summed E-state index contributed by atoms with van der Waals surface area (Å²) < 4.78 is 6.48. The van der Waals surface area contributed by atoms with Crippen LogP contribution in [-0.2, 0) is 0 Å². The number of rotatable bonds is 7. The first-order valence-corrected chi connectivity index (χ1v) is 10.5. The molecule has 2 N–H and O–H groups in total. The number of aryl methyl sites for hydroxylation is 1. The van der Waals surface area contributed by atoms with Gasteiger partial charge in [-0.05, 0) is 67.4 Å². The SMILES string of the molecule is CCCOc1ccc(Br)cc1C(=O)Nc1ccc(NC(=O)c2ccccc2C)cc1. The van der Waals surface area contributed by atoms with Crippen LogP contribution in [0.5, 0.6) is 5.75 Å². The van der Waals surface area contributed by atoms with Crippen LogP contribution in [0.3, 0.4) is 0 Å². The van der Waals surface area contributed by atoms with E-state index in [1.807, 2.05) is 38.1 Å². The highest BCUT2D eigenvalue weighted by Crippen LogP contribution is 2.25. The Morgan fingerprint density at radius 3 is 2.07 bits per heavy atom. The monoisotopic (exact) mass is 466 g/mol. The Kier molecular flexibility index (Phi) is 7.25. The van der Waals surface area contributed by atoms with E-state index >= 15 is 0 Å². The van der Waals surface area contributed by atoms with E-state index in [0.29, 0.717) is 34.9 Å². The zero-order chi connectivity index (χ0) is 21.5. The van der Waals surface area contributed by atoms with E-state index in [2.05, 4.69) is 26.6 Å². The molecule has 0 aliphatic rings. The van der Waals surface area contributed by atoms with Crippen LogP contribution in [0.2, 0.25) is 0 Å². The lowest BCUT2D eigenvalue weighted by Crippen LogP contribution is -2.15. The van der Waals surface area contributed by atoms with Crippen LogP contribution in [0.1, 0.15) is 39.6 Å². The van der Waals surface area contributed by atoms with Gasteiger partial charge in [-0.25, -0.2) is 0 Å². The number of nitrogens with one attached hydrogen (secondary N) is 2. The minimum absolute atomic E-state index is 0.170. The summed E-state index contributed by atoms with van der Waals surface area (Å²) in [5.41, 5.74) is 3.26. The summed E-state index contributed by atoms with van der Waals surface area (Å²) in [6.45, 7) is 4.45. The molecule has 0 heterocycles. The van der Waals surface area contributed by atoms with Crippen molar-refractivity contribution in [2.45, 2.75) is 20.3 Å². The van der Waals surface area contributed by atoms with Crippen molar-refractivity contribution in [1.82, 2.24) is 0 Å². The van der Waals surface area contributed by atoms with Crippen molar-refractivity contribution in [1.29, 1.82) is 0 Å². The predicted molar refractivity (Wildman–Crippen MR) is 123 cm³/mol. The summed E-state index contributed by atoms with van der Waals surface area (Å²) in [4.78, 5) is 25.2. The summed E-state index contributed by atoms with van der Waals surface area (Å²) in [6.07, 6.45) is 0.854. The van der Waals surface area contributed by atoms with Gasteiger partial charge in [-0.2, -0.15) is 0 Å². The molecule has 6 heteroatoms. The number of hydrogen-bond acceptors (Lipinski definition) is 3. The van der Waals surface area contributed by atoms with Crippen molar-refractivity contribution in [2.24, 2.45) is 0 Å².